The summed E-state index contributed by atoms with van der Waals surface area (Å²) in [5, 5.41) is 14.5. The molecular formula is C14H14N2S. The van der Waals surface area contributed by atoms with Gasteiger partial charge in [-0.15, -0.1) is 11.3 Å². The van der Waals surface area contributed by atoms with Gasteiger partial charge in [-0.2, -0.15) is 5.26 Å². The average molecular weight is 242 g/mol. The summed E-state index contributed by atoms with van der Waals surface area (Å²) in [6.07, 6.45) is 0.975. The molecule has 0 fully saturated rings. The zero-order valence-electron chi connectivity index (χ0n) is 9.47. The molecule has 86 valence electrons. The SMILES string of the molecule is N#CC(NCCc1cccs1)c1ccccc1. The molecule has 17 heavy (non-hydrogen) atoms. The second-order valence-corrected chi connectivity index (χ2v) is 4.79. The fraction of sp³-hybridized carbons (Fsp3) is 0.214. The quantitative estimate of drug-likeness (QED) is 0.874. The van der Waals surface area contributed by atoms with Gasteiger partial charge in [-0.3, -0.25) is 5.32 Å². The van der Waals surface area contributed by atoms with Gasteiger partial charge in [0.25, 0.3) is 0 Å². The Morgan fingerprint density at radius 2 is 2.00 bits per heavy atom. The molecule has 0 amide bonds. The van der Waals surface area contributed by atoms with E-state index in [1.165, 1.54) is 4.88 Å². The molecule has 2 aromatic rings. The van der Waals surface area contributed by atoms with Crippen LogP contribution >= 0.6 is 11.3 Å². The largest absolute Gasteiger partial charge is 0.298 e. The van der Waals surface area contributed by atoms with Gasteiger partial charge in [0.1, 0.15) is 6.04 Å². The molecule has 0 saturated heterocycles. The van der Waals surface area contributed by atoms with Gasteiger partial charge in [0.05, 0.1) is 6.07 Å². The lowest BCUT2D eigenvalue weighted by Crippen LogP contribution is -2.22. The number of nitrogens with zero attached hydrogens (tertiary/aromatic N) is 1. The van der Waals surface area contributed by atoms with Crippen LogP contribution in [-0.2, 0) is 6.42 Å². The van der Waals surface area contributed by atoms with Crippen molar-refractivity contribution in [2.45, 2.75) is 12.5 Å². The van der Waals surface area contributed by atoms with Crippen LogP contribution in [0.1, 0.15) is 16.5 Å². The first-order valence-corrected chi connectivity index (χ1v) is 6.48. The highest BCUT2D eigenvalue weighted by Crippen LogP contribution is 2.12. The van der Waals surface area contributed by atoms with Crippen molar-refractivity contribution in [3.8, 4) is 6.07 Å². The minimum Gasteiger partial charge on any atom is -0.298 e. The van der Waals surface area contributed by atoms with Crippen LogP contribution in [0.4, 0.5) is 0 Å². The third kappa shape index (κ3) is 3.42. The van der Waals surface area contributed by atoms with Crippen LogP contribution in [0.5, 0.6) is 0 Å². The summed E-state index contributed by atoms with van der Waals surface area (Å²) in [6.45, 7) is 0.827. The topological polar surface area (TPSA) is 35.8 Å². The van der Waals surface area contributed by atoms with E-state index in [9.17, 15) is 0 Å². The Kier molecular flexibility index (Phi) is 4.31. The van der Waals surface area contributed by atoms with Gasteiger partial charge < -0.3 is 0 Å². The number of thiophene rings is 1. The number of nitriles is 1. The van der Waals surface area contributed by atoms with E-state index in [1.807, 2.05) is 30.3 Å². The first-order chi connectivity index (χ1) is 8.40. The number of nitrogens with one attached hydrogen (secondary N) is 1. The zero-order chi connectivity index (χ0) is 11.9. The van der Waals surface area contributed by atoms with E-state index in [4.69, 9.17) is 5.26 Å². The Hall–Kier alpha value is -1.63. The lowest BCUT2D eigenvalue weighted by Gasteiger charge is -2.10. The summed E-state index contributed by atoms with van der Waals surface area (Å²) in [4.78, 5) is 1.35. The third-order valence-electron chi connectivity index (χ3n) is 2.56. The molecular weight excluding hydrogens is 228 g/mol. The van der Waals surface area contributed by atoms with Gasteiger partial charge in [-0.1, -0.05) is 36.4 Å². The lowest BCUT2D eigenvalue weighted by molar-refractivity contribution is 0.632. The van der Waals surface area contributed by atoms with Crippen molar-refractivity contribution in [1.82, 2.24) is 5.32 Å². The van der Waals surface area contributed by atoms with E-state index < -0.39 is 0 Å². The Morgan fingerprint density at radius 3 is 2.65 bits per heavy atom. The molecule has 0 radical (unpaired) electrons. The molecule has 0 aliphatic rings. The highest BCUT2D eigenvalue weighted by atomic mass is 32.1. The van der Waals surface area contributed by atoms with Crippen molar-refractivity contribution in [3.05, 3.63) is 58.3 Å². The number of hydrogen-bond donors (Lipinski definition) is 1. The molecule has 1 atom stereocenters. The first-order valence-electron chi connectivity index (χ1n) is 5.60. The molecule has 1 aromatic carbocycles. The molecule has 1 aromatic heterocycles. The molecule has 2 nitrogen and oxygen atoms in total. The van der Waals surface area contributed by atoms with Crippen LogP contribution in [-0.4, -0.2) is 6.54 Å². The molecule has 2 rings (SSSR count). The predicted molar refractivity (Wildman–Crippen MR) is 70.8 cm³/mol. The summed E-state index contributed by atoms with van der Waals surface area (Å²) >= 11 is 1.76. The molecule has 0 saturated carbocycles. The first kappa shape index (κ1) is 11.8. The van der Waals surface area contributed by atoms with Crippen molar-refractivity contribution in [3.63, 3.8) is 0 Å². The lowest BCUT2D eigenvalue weighted by atomic mass is 10.1. The Bertz CT molecular complexity index is 471. The monoisotopic (exact) mass is 242 g/mol. The van der Waals surface area contributed by atoms with Crippen LogP contribution < -0.4 is 5.32 Å². The van der Waals surface area contributed by atoms with Gasteiger partial charge in [0, 0.05) is 11.4 Å². The van der Waals surface area contributed by atoms with Crippen LogP contribution in [0.15, 0.2) is 47.8 Å². The molecule has 1 unspecified atom stereocenters. The fourth-order valence-electron chi connectivity index (χ4n) is 1.68. The van der Waals surface area contributed by atoms with Crippen LogP contribution in [0.3, 0.4) is 0 Å². The van der Waals surface area contributed by atoms with Crippen molar-refractivity contribution in [2.75, 3.05) is 6.54 Å². The molecule has 1 heterocycles. The summed E-state index contributed by atoms with van der Waals surface area (Å²) in [6, 6.07) is 16.1. The second-order valence-electron chi connectivity index (χ2n) is 3.76. The molecule has 0 spiro atoms. The molecule has 1 N–H and O–H groups in total. The Morgan fingerprint density at radius 1 is 1.18 bits per heavy atom. The van der Waals surface area contributed by atoms with Gasteiger partial charge in [-0.25, -0.2) is 0 Å². The maximum atomic E-state index is 9.13. The normalized spacial score (nSPS) is 11.9. The average Bonchev–Trinajstić information content (AvgIpc) is 2.89. The Labute approximate surface area is 106 Å². The molecule has 3 heteroatoms. The van der Waals surface area contributed by atoms with E-state index >= 15 is 0 Å². The highest BCUT2D eigenvalue weighted by Gasteiger charge is 2.08. The summed E-state index contributed by atoms with van der Waals surface area (Å²) in [7, 11) is 0. The summed E-state index contributed by atoms with van der Waals surface area (Å²) in [5.41, 5.74) is 1.03. The highest BCUT2D eigenvalue weighted by molar-refractivity contribution is 7.09. The molecule has 0 aliphatic heterocycles. The smallest absolute Gasteiger partial charge is 0.121 e. The van der Waals surface area contributed by atoms with E-state index in [1.54, 1.807) is 11.3 Å². The van der Waals surface area contributed by atoms with E-state index in [-0.39, 0.29) is 6.04 Å². The van der Waals surface area contributed by atoms with Gasteiger partial charge in [0.2, 0.25) is 0 Å². The Balaban J connectivity index is 1.87. The minimum atomic E-state index is -0.212. The van der Waals surface area contributed by atoms with Crippen molar-refractivity contribution >= 4 is 11.3 Å². The van der Waals surface area contributed by atoms with Crippen molar-refractivity contribution < 1.29 is 0 Å². The maximum Gasteiger partial charge on any atom is 0.121 e. The molecule has 0 aliphatic carbocycles. The number of rotatable bonds is 5. The van der Waals surface area contributed by atoms with Gasteiger partial charge in [0.15, 0.2) is 0 Å². The second kappa shape index (κ2) is 6.19. The summed E-state index contributed by atoms with van der Waals surface area (Å²) in [5.74, 6) is 0. The predicted octanol–water partition coefficient (Wildman–Crippen LogP) is 3.15. The van der Waals surface area contributed by atoms with Crippen LogP contribution in [0.25, 0.3) is 0 Å². The van der Waals surface area contributed by atoms with E-state index in [2.05, 4.69) is 28.9 Å². The van der Waals surface area contributed by atoms with Crippen molar-refractivity contribution in [1.29, 1.82) is 5.26 Å². The summed E-state index contributed by atoms with van der Waals surface area (Å²) < 4.78 is 0. The van der Waals surface area contributed by atoms with Crippen LogP contribution in [0.2, 0.25) is 0 Å². The maximum absolute atomic E-state index is 9.13. The van der Waals surface area contributed by atoms with Gasteiger partial charge in [-0.05, 0) is 23.4 Å². The van der Waals surface area contributed by atoms with E-state index in [0.717, 1.165) is 18.5 Å². The molecule has 0 bridgehead atoms. The fourth-order valence-corrected chi connectivity index (χ4v) is 2.39. The standard InChI is InChI=1S/C14H14N2S/c15-11-14(12-5-2-1-3-6-12)16-9-8-13-7-4-10-17-13/h1-7,10,14,16H,8-9H2. The van der Waals surface area contributed by atoms with E-state index in [0.29, 0.717) is 0 Å². The minimum absolute atomic E-state index is 0.212. The third-order valence-corrected chi connectivity index (χ3v) is 3.50. The number of hydrogen-bond acceptors (Lipinski definition) is 3. The van der Waals surface area contributed by atoms with Crippen LogP contribution in [0, 0.1) is 11.3 Å². The zero-order valence-corrected chi connectivity index (χ0v) is 10.3. The van der Waals surface area contributed by atoms with Gasteiger partial charge >= 0.3 is 0 Å². The number of benzene rings is 1. The van der Waals surface area contributed by atoms with Crippen molar-refractivity contribution in [2.24, 2.45) is 0 Å².